The first-order valence-corrected chi connectivity index (χ1v) is 8.98. The van der Waals surface area contributed by atoms with Gasteiger partial charge >= 0.3 is 0 Å². The summed E-state index contributed by atoms with van der Waals surface area (Å²) >= 11 is 0. The molecule has 29 heavy (non-hydrogen) atoms. The van der Waals surface area contributed by atoms with Gasteiger partial charge in [0, 0.05) is 11.4 Å². The molecule has 0 aliphatic heterocycles. The summed E-state index contributed by atoms with van der Waals surface area (Å²) in [6, 6.07) is 16.2. The molecule has 7 heteroatoms. The van der Waals surface area contributed by atoms with Gasteiger partial charge in [0.25, 0.3) is 0 Å². The van der Waals surface area contributed by atoms with Crippen LogP contribution in [0.2, 0.25) is 0 Å². The predicted octanol–water partition coefficient (Wildman–Crippen LogP) is 4.57. The molecule has 0 spiro atoms. The fraction of sp³-hybridized carbons (Fsp3) is 0.273. The summed E-state index contributed by atoms with van der Waals surface area (Å²) in [5, 5.41) is 13.6. The first-order chi connectivity index (χ1) is 13.0. The molecule has 0 aliphatic rings. The molecule has 154 valence electrons. The topological polar surface area (TPSA) is 84.0 Å². The molecular formula is C22H26Cl2N4O. The van der Waals surface area contributed by atoms with Crippen LogP contribution < -0.4 is 15.8 Å². The zero-order valence-electron chi connectivity index (χ0n) is 16.7. The number of aryl methyl sites for hydroxylation is 1. The predicted molar refractivity (Wildman–Crippen MR) is 123 cm³/mol. The minimum absolute atomic E-state index is 0. The largest absolute Gasteiger partial charge is 0.489 e. The van der Waals surface area contributed by atoms with E-state index in [1.807, 2.05) is 50.4 Å². The van der Waals surface area contributed by atoms with Crippen molar-refractivity contribution in [2.75, 3.05) is 12.8 Å². The van der Waals surface area contributed by atoms with Gasteiger partial charge in [-0.25, -0.2) is 4.98 Å². The molecule has 0 bridgehead atoms. The van der Waals surface area contributed by atoms with Crippen LogP contribution in [0.4, 0.5) is 5.82 Å². The van der Waals surface area contributed by atoms with Crippen LogP contribution in [-0.2, 0) is 13.0 Å². The van der Waals surface area contributed by atoms with Gasteiger partial charge in [-0.05, 0) is 74.3 Å². The fourth-order valence-corrected chi connectivity index (χ4v) is 3.11. The Morgan fingerprint density at radius 1 is 1.14 bits per heavy atom. The highest BCUT2D eigenvalue weighted by Gasteiger charge is 2.07. The number of nitriles is 1. The highest BCUT2D eigenvalue weighted by molar-refractivity contribution is 5.86. The Morgan fingerprint density at radius 3 is 2.59 bits per heavy atom. The number of fused-ring (bicyclic) bond motifs is 1. The summed E-state index contributed by atoms with van der Waals surface area (Å²) in [6.07, 6.45) is 0.834. The van der Waals surface area contributed by atoms with E-state index < -0.39 is 0 Å². The Bertz CT molecular complexity index is 1020. The maximum atomic E-state index is 9.29. The molecule has 1 atom stereocenters. The van der Waals surface area contributed by atoms with Gasteiger partial charge in [-0.2, -0.15) is 5.26 Å². The third-order valence-corrected chi connectivity index (χ3v) is 4.64. The number of anilines is 1. The Labute approximate surface area is 184 Å². The van der Waals surface area contributed by atoms with Crippen molar-refractivity contribution in [1.82, 2.24) is 10.3 Å². The van der Waals surface area contributed by atoms with Crippen LogP contribution in [0.25, 0.3) is 10.9 Å². The Hall–Kier alpha value is -2.52. The molecule has 0 amide bonds. The first-order valence-electron chi connectivity index (χ1n) is 8.98. The summed E-state index contributed by atoms with van der Waals surface area (Å²) in [7, 11) is 1.93. The van der Waals surface area contributed by atoms with Crippen LogP contribution in [0.1, 0.15) is 29.2 Å². The second-order valence-electron chi connectivity index (χ2n) is 6.88. The summed E-state index contributed by atoms with van der Waals surface area (Å²) in [6.45, 7) is 4.54. The van der Waals surface area contributed by atoms with Gasteiger partial charge in [-0.3, -0.25) is 0 Å². The number of pyridine rings is 1. The molecule has 0 aliphatic carbocycles. The SMILES string of the molecule is CN[C@H](C)Cc1cc(C#N)cc(OCc2ccc3c(C)cc(N)nc3c2)c1.Cl.Cl. The van der Waals surface area contributed by atoms with E-state index in [1.54, 1.807) is 6.07 Å². The quantitative estimate of drug-likeness (QED) is 0.595. The lowest BCUT2D eigenvalue weighted by Crippen LogP contribution is -2.23. The average molecular weight is 433 g/mol. The molecule has 3 rings (SSSR count). The maximum absolute atomic E-state index is 9.29. The number of nitrogen functional groups attached to an aromatic ring is 1. The molecule has 0 saturated heterocycles. The number of nitrogens with one attached hydrogen (secondary N) is 1. The molecule has 3 aromatic rings. The Balaban J connectivity index is 0.00000210. The minimum Gasteiger partial charge on any atom is -0.489 e. The highest BCUT2D eigenvalue weighted by atomic mass is 35.5. The van der Waals surface area contributed by atoms with Crippen molar-refractivity contribution in [3.63, 3.8) is 0 Å². The van der Waals surface area contributed by atoms with E-state index in [0.29, 0.717) is 29.8 Å². The number of rotatable bonds is 6. The van der Waals surface area contributed by atoms with Gasteiger partial charge in [0.15, 0.2) is 0 Å². The summed E-state index contributed by atoms with van der Waals surface area (Å²) in [5.74, 6) is 1.22. The van der Waals surface area contributed by atoms with E-state index >= 15 is 0 Å². The third-order valence-electron chi connectivity index (χ3n) is 4.64. The van der Waals surface area contributed by atoms with Crippen LogP contribution >= 0.6 is 24.8 Å². The maximum Gasteiger partial charge on any atom is 0.124 e. The van der Waals surface area contributed by atoms with E-state index in [-0.39, 0.29) is 24.8 Å². The molecule has 1 heterocycles. The lowest BCUT2D eigenvalue weighted by molar-refractivity contribution is 0.306. The highest BCUT2D eigenvalue weighted by Crippen LogP contribution is 2.23. The first kappa shape index (κ1) is 24.5. The van der Waals surface area contributed by atoms with Gasteiger partial charge in [0.2, 0.25) is 0 Å². The molecule has 1 aromatic heterocycles. The number of nitrogens with zero attached hydrogens (tertiary/aromatic N) is 2. The van der Waals surface area contributed by atoms with Gasteiger partial charge in [0.1, 0.15) is 18.2 Å². The monoisotopic (exact) mass is 432 g/mol. The molecule has 3 N–H and O–H groups in total. The molecule has 0 fully saturated rings. The molecule has 2 aromatic carbocycles. The van der Waals surface area contributed by atoms with Gasteiger partial charge in [-0.15, -0.1) is 24.8 Å². The molecule has 0 saturated carbocycles. The molecular weight excluding hydrogens is 407 g/mol. The summed E-state index contributed by atoms with van der Waals surface area (Å²) < 4.78 is 5.97. The van der Waals surface area contributed by atoms with E-state index in [9.17, 15) is 5.26 Å². The second kappa shape index (κ2) is 10.9. The smallest absolute Gasteiger partial charge is 0.124 e. The summed E-state index contributed by atoms with van der Waals surface area (Å²) in [5.41, 5.74) is 10.5. The Morgan fingerprint density at radius 2 is 1.90 bits per heavy atom. The van der Waals surface area contributed by atoms with Crippen LogP contribution in [0.15, 0.2) is 42.5 Å². The Kier molecular flexibility index (Phi) is 9.19. The van der Waals surface area contributed by atoms with E-state index in [4.69, 9.17) is 10.5 Å². The zero-order chi connectivity index (χ0) is 19.4. The number of nitrogens with two attached hydrogens (primary N) is 1. The molecule has 0 radical (unpaired) electrons. The van der Waals surface area contributed by atoms with Crippen LogP contribution in [0, 0.1) is 18.3 Å². The van der Waals surface area contributed by atoms with Crippen LogP contribution in [0.3, 0.4) is 0 Å². The summed E-state index contributed by atoms with van der Waals surface area (Å²) in [4.78, 5) is 4.41. The van der Waals surface area contributed by atoms with Crippen molar-refractivity contribution < 1.29 is 4.74 Å². The van der Waals surface area contributed by atoms with E-state index in [0.717, 1.165) is 34.0 Å². The number of ether oxygens (including phenoxy) is 1. The number of aromatic nitrogens is 1. The van der Waals surface area contributed by atoms with Crippen molar-refractivity contribution in [3.05, 3.63) is 64.7 Å². The lowest BCUT2D eigenvalue weighted by Gasteiger charge is -2.13. The van der Waals surface area contributed by atoms with Gasteiger partial charge in [-0.1, -0.05) is 12.1 Å². The molecule has 0 unspecified atom stereocenters. The fourth-order valence-electron chi connectivity index (χ4n) is 3.11. The second-order valence-corrected chi connectivity index (χ2v) is 6.88. The zero-order valence-corrected chi connectivity index (χ0v) is 18.4. The van der Waals surface area contributed by atoms with Crippen molar-refractivity contribution >= 4 is 41.5 Å². The number of halogens is 2. The number of likely N-dealkylation sites (N-methyl/N-ethyl adjacent to an activating group) is 1. The van der Waals surface area contributed by atoms with Crippen molar-refractivity contribution in [2.45, 2.75) is 32.9 Å². The van der Waals surface area contributed by atoms with Gasteiger partial charge in [0.05, 0.1) is 17.1 Å². The van der Waals surface area contributed by atoms with Crippen LogP contribution in [-0.4, -0.2) is 18.1 Å². The van der Waals surface area contributed by atoms with Crippen molar-refractivity contribution in [2.24, 2.45) is 0 Å². The molecule has 5 nitrogen and oxygen atoms in total. The van der Waals surface area contributed by atoms with Crippen molar-refractivity contribution in [1.29, 1.82) is 5.26 Å². The average Bonchev–Trinajstić information content (AvgIpc) is 2.65. The van der Waals surface area contributed by atoms with E-state index in [1.165, 1.54) is 0 Å². The number of hydrogen-bond donors (Lipinski definition) is 2. The normalized spacial score (nSPS) is 11.1. The lowest BCUT2D eigenvalue weighted by atomic mass is 10.0. The third kappa shape index (κ3) is 6.23. The standard InChI is InChI=1S/C22H24N4O.2ClH/c1-14-6-22(24)26-21-11-16(4-5-20(14)21)13-27-19-9-17(7-15(2)25-3)8-18(10-19)12-23;;/h4-6,8-11,15,25H,7,13H2,1-3H3,(H2,24,26);2*1H/t15-;;/m1../s1. The van der Waals surface area contributed by atoms with Gasteiger partial charge < -0.3 is 15.8 Å². The number of benzene rings is 2. The van der Waals surface area contributed by atoms with Crippen molar-refractivity contribution in [3.8, 4) is 11.8 Å². The minimum atomic E-state index is 0. The number of hydrogen-bond acceptors (Lipinski definition) is 5. The van der Waals surface area contributed by atoms with Crippen LogP contribution in [0.5, 0.6) is 5.75 Å². The van der Waals surface area contributed by atoms with E-state index in [2.05, 4.69) is 23.3 Å².